The van der Waals surface area contributed by atoms with E-state index in [9.17, 15) is 0 Å². The number of nitrogens with zero attached hydrogens (tertiary/aromatic N) is 1. The van der Waals surface area contributed by atoms with Crippen molar-refractivity contribution < 1.29 is 9.47 Å². The molecule has 0 aromatic heterocycles. The zero-order valence-corrected chi connectivity index (χ0v) is 12.9. The summed E-state index contributed by atoms with van der Waals surface area (Å²) in [5.74, 6) is 1.60. The molecule has 2 rings (SSSR count). The fourth-order valence-electron chi connectivity index (χ4n) is 2.27. The summed E-state index contributed by atoms with van der Waals surface area (Å²) in [6, 6.07) is 11.6. The number of rotatable bonds is 4. The first-order valence-electron chi connectivity index (χ1n) is 6.83. The van der Waals surface area contributed by atoms with Crippen LogP contribution >= 0.6 is 0 Å². The third-order valence-electron chi connectivity index (χ3n) is 3.56. The highest BCUT2D eigenvalue weighted by molar-refractivity contribution is 5.44. The molecule has 108 valence electrons. The summed E-state index contributed by atoms with van der Waals surface area (Å²) in [5, 5.41) is 9.00. The monoisotopic (exact) mass is 281 g/mol. The molecule has 0 atom stereocenters. The Morgan fingerprint density at radius 1 is 1.05 bits per heavy atom. The molecule has 2 aromatic carbocycles. The Balaban J connectivity index is 2.26. The van der Waals surface area contributed by atoms with Crippen molar-refractivity contribution in [3.05, 3.63) is 58.1 Å². The smallest absolute Gasteiger partial charge is 0.125 e. The second-order valence-electron chi connectivity index (χ2n) is 5.13. The first kappa shape index (κ1) is 14.9. The molecule has 21 heavy (non-hydrogen) atoms. The normalized spacial score (nSPS) is 10.0. The maximum atomic E-state index is 9.00. The van der Waals surface area contributed by atoms with Gasteiger partial charge in [0.1, 0.15) is 18.1 Å². The van der Waals surface area contributed by atoms with Crippen LogP contribution < -0.4 is 9.47 Å². The van der Waals surface area contributed by atoms with Gasteiger partial charge >= 0.3 is 0 Å². The van der Waals surface area contributed by atoms with Crippen LogP contribution in [0.2, 0.25) is 0 Å². The molecule has 0 bridgehead atoms. The second-order valence-corrected chi connectivity index (χ2v) is 5.13. The lowest BCUT2D eigenvalue weighted by Gasteiger charge is -2.14. The van der Waals surface area contributed by atoms with Crippen LogP contribution in [0.1, 0.15) is 27.8 Å². The van der Waals surface area contributed by atoms with E-state index in [2.05, 4.69) is 26.0 Å². The molecule has 0 aliphatic carbocycles. The first-order valence-corrected chi connectivity index (χ1v) is 6.83. The van der Waals surface area contributed by atoms with E-state index in [-0.39, 0.29) is 0 Å². The maximum Gasteiger partial charge on any atom is 0.125 e. The highest BCUT2D eigenvalue weighted by Gasteiger charge is 2.08. The number of ether oxygens (including phenoxy) is 2. The van der Waals surface area contributed by atoms with Gasteiger partial charge in [0.15, 0.2) is 0 Å². The third kappa shape index (κ3) is 3.35. The van der Waals surface area contributed by atoms with Crippen molar-refractivity contribution >= 4 is 0 Å². The number of benzene rings is 2. The van der Waals surface area contributed by atoms with Gasteiger partial charge in [0.25, 0.3) is 0 Å². The fourth-order valence-corrected chi connectivity index (χ4v) is 2.27. The molecular formula is C18H19NO2. The Bertz CT molecular complexity index is 699. The van der Waals surface area contributed by atoms with Crippen molar-refractivity contribution in [2.24, 2.45) is 0 Å². The van der Waals surface area contributed by atoms with Gasteiger partial charge in [-0.2, -0.15) is 5.26 Å². The van der Waals surface area contributed by atoms with Gasteiger partial charge in [0, 0.05) is 5.56 Å². The van der Waals surface area contributed by atoms with Crippen molar-refractivity contribution in [1.82, 2.24) is 0 Å². The summed E-state index contributed by atoms with van der Waals surface area (Å²) in [6.45, 7) is 6.55. The molecule has 0 heterocycles. The molecule has 0 saturated heterocycles. The number of methoxy groups -OCH3 is 1. The van der Waals surface area contributed by atoms with Crippen LogP contribution in [-0.4, -0.2) is 7.11 Å². The molecule has 0 N–H and O–H groups in total. The lowest BCUT2D eigenvalue weighted by molar-refractivity contribution is 0.294. The van der Waals surface area contributed by atoms with Gasteiger partial charge < -0.3 is 9.47 Å². The SMILES string of the molecule is COc1ccc(C#N)cc1COc1cc(C)cc(C)c1C. The average Bonchev–Trinajstić information content (AvgIpc) is 2.49. The van der Waals surface area contributed by atoms with E-state index in [0.717, 1.165) is 22.6 Å². The Labute approximate surface area is 125 Å². The molecule has 0 saturated carbocycles. The predicted octanol–water partition coefficient (Wildman–Crippen LogP) is 4.07. The average molecular weight is 281 g/mol. The van der Waals surface area contributed by atoms with Gasteiger partial charge in [-0.25, -0.2) is 0 Å². The number of nitriles is 1. The van der Waals surface area contributed by atoms with E-state index in [1.807, 2.05) is 13.0 Å². The van der Waals surface area contributed by atoms with Gasteiger partial charge in [-0.15, -0.1) is 0 Å². The molecule has 0 radical (unpaired) electrons. The summed E-state index contributed by atoms with van der Waals surface area (Å²) in [6.07, 6.45) is 0. The minimum absolute atomic E-state index is 0.377. The van der Waals surface area contributed by atoms with Crippen LogP contribution in [0.15, 0.2) is 30.3 Å². The van der Waals surface area contributed by atoms with Gasteiger partial charge in [0.2, 0.25) is 0 Å². The highest BCUT2D eigenvalue weighted by Crippen LogP contribution is 2.26. The molecule has 0 unspecified atom stereocenters. The summed E-state index contributed by atoms with van der Waals surface area (Å²) in [4.78, 5) is 0. The number of aryl methyl sites for hydroxylation is 2. The van der Waals surface area contributed by atoms with Gasteiger partial charge in [0.05, 0.1) is 18.7 Å². The molecule has 0 aliphatic heterocycles. The summed E-state index contributed by atoms with van der Waals surface area (Å²) in [5.41, 5.74) is 4.99. The molecular weight excluding hydrogens is 262 g/mol. The minimum atomic E-state index is 0.377. The molecule has 0 aliphatic rings. The van der Waals surface area contributed by atoms with Crippen molar-refractivity contribution in [2.75, 3.05) is 7.11 Å². The summed E-state index contributed by atoms with van der Waals surface area (Å²) in [7, 11) is 1.62. The van der Waals surface area contributed by atoms with Crippen LogP contribution in [0.4, 0.5) is 0 Å². The fraction of sp³-hybridized carbons (Fsp3) is 0.278. The molecule has 2 aromatic rings. The topological polar surface area (TPSA) is 42.2 Å². The van der Waals surface area contributed by atoms with Gasteiger partial charge in [-0.3, -0.25) is 0 Å². The van der Waals surface area contributed by atoms with Gasteiger partial charge in [-0.1, -0.05) is 6.07 Å². The lowest BCUT2D eigenvalue weighted by atomic mass is 10.1. The van der Waals surface area contributed by atoms with E-state index in [4.69, 9.17) is 14.7 Å². The molecule has 3 heteroatoms. The Morgan fingerprint density at radius 2 is 1.81 bits per heavy atom. The minimum Gasteiger partial charge on any atom is -0.496 e. The van der Waals surface area contributed by atoms with Crippen LogP contribution in [0, 0.1) is 32.1 Å². The molecule has 0 spiro atoms. The van der Waals surface area contributed by atoms with Crippen molar-refractivity contribution in [3.63, 3.8) is 0 Å². The number of hydrogen-bond acceptors (Lipinski definition) is 3. The van der Waals surface area contributed by atoms with E-state index in [1.54, 1.807) is 25.3 Å². The summed E-state index contributed by atoms with van der Waals surface area (Å²) < 4.78 is 11.3. The summed E-state index contributed by atoms with van der Waals surface area (Å²) >= 11 is 0. The van der Waals surface area contributed by atoms with E-state index in [0.29, 0.717) is 12.2 Å². The van der Waals surface area contributed by atoms with E-state index >= 15 is 0 Å². The van der Waals surface area contributed by atoms with Gasteiger partial charge in [-0.05, 0) is 61.7 Å². The Kier molecular flexibility index (Phi) is 4.49. The maximum absolute atomic E-state index is 9.00. The van der Waals surface area contributed by atoms with Crippen LogP contribution in [0.25, 0.3) is 0 Å². The third-order valence-corrected chi connectivity index (χ3v) is 3.56. The quantitative estimate of drug-likeness (QED) is 0.848. The van der Waals surface area contributed by atoms with Crippen LogP contribution in [0.5, 0.6) is 11.5 Å². The van der Waals surface area contributed by atoms with Crippen LogP contribution in [-0.2, 0) is 6.61 Å². The standard InChI is InChI=1S/C18H19NO2/c1-12-7-13(2)14(3)18(8-12)21-11-16-9-15(10-19)5-6-17(16)20-4/h5-9H,11H2,1-4H3. The largest absolute Gasteiger partial charge is 0.496 e. The molecule has 0 amide bonds. The number of hydrogen-bond donors (Lipinski definition) is 0. The lowest BCUT2D eigenvalue weighted by Crippen LogP contribution is -2.01. The molecule has 0 fully saturated rings. The highest BCUT2D eigenvalue weighted by atomic mass is 16.5. The predicted molar refractivity (Wildman–Crippen MR) is 82.7 cm³/mol. The Morgan fingerprint density at radius 3 is 2.48 bits per heavy atom. The first-order chi connectivity index (χ1) is 10.0. The van der Waals surface area contributed by atoms with Crippen molar-refractivity contribution in [3.8, 4) is 17.6 Å². The van der Waals surface area contributed by atoms with Crippen molar-refractivity contribution in [2.45, 2.75) is 27.4 Å². The second kappa shape index (κ2) is 6.32. The van der Waals surface area contributed by atoms with E-state index in [1.165, 1.54) is 11.1 Å². The van der Waals surface area contributed by atoms with Crippen molar-refractivity contribution in [1.29, 1.82) is 5.26 Å². The zero-order valence-electron chi connectivity index (χ0n) is 12.9. The molecule has 3 nitrogen and oxygen atoms in total. The zero-order chi connectivity index (χ0) is 15.4. The van der Waals surface area contributed by atoms with E-state index < -0.39 is 0 Å². The van der Waals surface area contributed by atoms with Crippen LogP contribution in [0.3, 0.4) is 0 Å². The Hall–Kier alpha value is -2.47.